The zero-order valence-electron chi connectivity index (χ0n) is 15.3. The van der Waals surface area contributed by atoms with Crippen molar-refractivity contribution < 1.29 is 9.59 Å². The summed E-state index contributed by atoms with van der Waals surface area (Å²) in [6.07, 6.45) is 0. The van der Waals surface area contributed by atoms with E-state index in [9.17, 15) is 9.59 Å². The maximum Gasteiger partial charge on any atom is 0.272 e. The molecule has 1 saturated heterocycles. The number of carbonyl (C=O) groups is 2. The molecule has 26 heavy (non-hydrogen) atoms. The lowest BCUT2D eigenvalue weighted by Gasteiger charge is -2.34. The first-order valence-electron chi connectivity index (χ1n) is 8.65. The predicted octanol–water partition coefficient (Wildman–Crippen LogP) is 1.86. The number of piperazine rings is 1. The molecule has 0 spiro atoms. The Morgan fingerprint density at radius 3 is 2.23 bits per heavy atom. The number of benzene rings is 1. The van der Waals surface area contributed by atoms with Crippen LogP contribution in [0.25, 0.3) is 0 Å². The molecule has 1 aliphatic heterocycles. The van der Waals surface area contributed by atoms with Gasteiger partial charge in [-0.25, -0.2) is 9.97 Å². The molecule has 2 amide bonds. The lowest BCUT2D eigenvalue weighted by atomic mass is 10.2. The zero-order valence-corrected chi connectivity index (χ0v) is 15.3. The zero-order chi connectivity index (χ0) is 18.7. The van der Waals surface area contributed by atoms with Crippen LogP contribution in [-0.4, -0.2) is 64.8 Å². The van der Waals surface area contributed by atoms with Gasteiger partial charge in [-0.1, -0.05) is 18.2 Å². The van der Waals surface area contributed by atoms with Crippen LogP contribution in [0.2, 0.25) is 0 Å². The van der Waals surface area contributed by atoms with Gasteiger partial charge in [0.2, 0.25) is 5.91 Å². The highest BCUT2D eigenvalue weighted by Crippen LogP contribution is 2.22. The van der Waals surface area contributed by atoms with E-state index in [4.69, 9.17) is 0 Å². The van der Waals surface area contributed by atoms with Crippen molar-refractivity contribution in [3.8, 4) is 0 Å². The number of hydrogen-bond acceptors (Lipinski definition) is 5. The Hall–Kier alpha value is -2.96. The Bertz CT molecular complexity index is 801. The highest BCUT2D eigenvalue weighted by Gasteiger charge is 2.25. The van der Waals surface area contributed by atoms with Gasteiger partial charge >= 0.3 is 0 Å². The molecule has 0 N–H and O–H groups in total. The number of anilines is 2. The Labute approximate surface area is 153 Å². The lowest BCUT2D eigenvalue weighted by molar-refractivity contribution is -0.130. The quantitative estimate of drug-likeness (QED) is 0.842. The molecule has 0 radical (unpaired) electrons. The van der Waals surface area contributed by atoms with E-state index in [1.165, 1.54) is 0 Å². The fraction of sp³-hybridized carbons (Fsp3) is 0.368. The minimum atomic E-state index is -0.124. The van der Waals surface area contributed by atoms with Crippen molar-refractivity contribution in [2.45, 2.75) is 13.8 Å². The molecule has 2 aromatic rings. The van der Waals surface area contributed by atoms with E-state index in [0.717, 1.165) is 5.69 Å². The molecule has 1 fully saturated rings. The molecule has 0 bridgehead atoms. The Kier molecular flexibility index (Phi) is 5.16. The first-order chi connectivity index (χ1) is 12.5. The minimum Gasteiger partial charge on any atom is -0.339 e. The van der Waals surface area contributed by atoms with Crippen LogP contribution < -0.4 is 4.90 Å². The number of rotatable bonds is 3. The molecule has 2 heterocycles. The number of hydrogen-bond donors (Lipinski definition) is 0. The fourth-order valence-corrected chi connectivity index (χ4v) is 3.00. The second kappa shape index (κ2) is 7.51. The van der Waals surface area contributed by atoms with Crippen LogP contribution in [0.1, 0.15) is 23.2 Å². The maximum absolute atomic E-state index is 12.9. The molecular formula is C19H23N5O2. The van der Waals surface area contributed by atoms with Gasteiger partial charge in [0, 0.05) is 51.9 Å². The smallest absolute Gasteiger partial charge is 0.272 e. The summed E-state index contributed by atoms with van der Waals surface area (Å²) in [6, 6.07) is 11.6. The van der Waals surface area contributed by atoms with Crippen molar-refractivity contribution in [1.29, 1.82) is 0 Å². The maximum atomic E-state index is 12.9. The third-order valence-corrected chi connectivity index (χ3v) is 4.54. The number of aromatic nitrogens is 2. The number of amides is 2. The second-order valence-corrected chi connectivity index (χ2v) is 6.35. The van der Waals surface area contributed by atoms with Crippen molar-refractivity contribution >= 4 is 23.3 Å². The molecule has 1 aromatic carbocycles. The summed E-state index contributed by atoms with van der Waals surface area (Å²) < 4.78 is 0. The molecule has 3 rings (SSSR count). The van der Waals surface area contributed by atoms with Crippen molar-refractivity contribution in [3.05, 3.63) is 47.9 Å². The van der Waals surface area contributed by atoms with Crippen LogP contribution in [0.3, 0.4) is 0 Å². The van der Waals surface area contributed by atoms with Gasteiger partial charge in [0.25, 0.3) is 5.91 Å². The summed E-state index contributed by atoms with van der Waals surface area (Å²) in [5.74, 6) is 1.15. The van der Waals surface area contributed by atoms with Gasteiger partial charge in [0.15, 0.2) is 0 Å². The van der Waals surface area contributed by atoms with E-state index >= 15 is 0 Å². The van der Waals surface area contributed by atoms with E-state index in [1.54, 1.807) is 29.7 Å². The van der Waals surface area contributed by atoms with Gasteiger partial charge in [-0.15, -0.1) is 0 Å². The van der Waals surface area contributed by atoms with Gasteiger partial charge in [-0.2, -0.15) is 0 Å². The summed E-state index contributed by atoms with van der Waals surface area (Å²) >= 11 is 0. The highest BCUT2D eigenvalue weighted by atomic mass is 16.2. The van der Waals surface area contributed by atoms with Gasteiger partial charge in [0.1, 0.15) is 17.3 Å². The largest absolute Gasteiger partial charge is 0.339 e. The van der Waals surface area contributed by atoms with Gasteiger partial charge < -0.3 is 14.7 Å². The van der Waals surface area contributed by atoms with Crippen LogP contribution in [0.15, 0.2) is 36.4 Å². The van der Waals surface area contributed by atoms with E-state index in [-0.39, 0.29) is 11.8 Å². The molecule has 7 nitrogen and oxygen atoms in total. The van der Waals surface area contributed by atoms with Gasteiger partial charge in [-0.05, 0) is 19.1 Å². The summed E-state index contributed by atoms with van der Waals surface area (Å²) in [7, 11) is 1.91. The van der Waals surface area contributed by atoms with Crippen molar-refractivity contribution in [2.75, 3.05) is 38.1 Å². The normalized spacial score (nSPS) is 14.3. The molecule has 1 aromatic heterocycles. The Morgan fingerprint density at radius 2 is 1.62 bits per heavy atom. The minimum absolute atomic E-state index is 0.0433. The van der Waals surface area contributed by atoms with Gasteiger partial charge in [-0.3, -0.25) is 9.59 Å². The van der Waals surface area contributed by atoms with Crippen LogP contribution >= 0.6 is 0 Å². The van der Waals surface area contributed by atoms with Crippen LogP contribution in [0.5, 0.6) is 0 Å². The van der Waals surface area contributed by atoms with E-state index < -0.39 is 0 Å². The number of carbonyl (C=O) groups excluding carboxylic acids is 2. The number of nitrogens with zero attached hydrogens (tertiary/aromatic N) is 5. The SMILES string of the molecule is CC(=O)N1CCN(C(=O)c2cc(N(C)c3ccccc3)nc(C)n2)CC1. The fourth-order valence-electron chi connectivity index (χ4n) is 3.00. The first kappa shape index (κ1) is 17.8. The van der Waals surface area contributed by atoms with Crippen molar-refractivity contribution in [3.63, 3.8) is 0 Å². The molecular weight excluding hydrogens is 330 g/mol. The summed E-state index contributed by atoms with van der Waals surface area (Å²) in [4.78, 5) is 38.5. The predicted molar refractivity (Wildman–Crippen MR) is 99.4 cm³/mol. The van der Waals surface area contributed by atoms with Crippen LogP contribution in [-0.2, 0) is 4.79 Å². The van der Waals surface area contributed by atoms with E-state index in [0.29, 0.717) is 43.5 Å². The molecule has 1 aliphatic rings. The monoisotopic (exact) mass is 353 g/mol. The third kappa shape index (κ3) is 3.82. The van der Waals surface area contributed by atoms with E-state index in [2.05, 4.69) is 9.97 Å². The van der Waals surface area contributed by atoms with Crippen molar-refractivity contribution in [1.82, 2.24) is 19.8 Å². The molecule has 136 valence electrons. The van der Waals surface area contributed by atoms with Crippen LogP contribution in [0, 0.1) is 6.92 Å². The summed E-state index contributed by atoms with van der Waals surface area (Å²) in [6.45, 7) is 5.49. The average molecular weight is 353 g/mol. The highest BCUT2D eigenvalue weighted by molar-refractivity contribution is 5.93. The second-order valence-electron chi connectivity index (χ2n) is 6.35. The first-order valence-corrected chi connectivity index (χ1v) is 8.65. The Balaban J connectivity index is 1.79. The Morgan fingerprint density at radius 1 is 1.00 bits per heavy atom. The molecule has 0 saturated carbocycles. The molecule has 0 unspecified atom stereocenters. The summed E-state index contributed by atoms with van der Waals surface area (Å²) in [5.41, 5.74) is 1.37. The van der Waals surface area contributed by atoms with Crippen LogP contribution in [0.4, 0.5) is 11.5 Å². The number of para-hydroxylation sites is 1. The van der Waals surface area contributed by atoms with Crippen molar-refractivity contribution in [2.24, 2.45) is 0 Å². The standard InChI is InChI=1S/C19H23N5O2/c1-14-20-17(19(26)24-11-9-23(10-12-24)15(2)25)13-18(21-14)22(3)16-7-5-4-6-8-16/h4-8,13H,9-12H2,1-3H3. The topological polar surface area (TPSA) is 69.6 Å². The third-order valence-electron chi connectivity index (χ3n) is 4.54. The lowest BCUT2D eigenvalue weighted by Crippen LogP contribution is -2.50. The molecule has 0 atom stereocenters. The molecule has 0 aliphatic carbocycles. The molecule has 7 heteroatoms. The summed E-state index contributed by atoms with van der Waals surface area (Å²) in [5, 5.41) is 0. The van der Waals surface area contributed by atoms with E-state index in [1.807, 2.05) is 42.3 Å². The number of aryl methyl sites for hydroxylation is 1. The van der Waals surface area contributed by atoms with Gasteiger partial charge in [0.05, 0.1) is 0 Å². The average Bonchev–Trinajstić information content (AvgIpc) is 2.67.